The molecule has 0 radical (unpaired) electrons. The molecular weight excluding hydrogens is 250 g/mol. The van der Waals surface area contributed by atoms with Crippen LogP contribution in [0.25, 0.3) is 0 Å². The monoisotopic (exact) mass is 267 g/mol. The first-order valence-corrected chi connectivity index (χ1v) is 6.60. The van der Waals surface area contributed by atoms with Gasteiger partial charge in [0, 0.05) is 35.9 Å². The van der Waals surface area contributed by atoms with Crippen LogP contribution in [-0.4, -0.2) is 20.0 Å². The van der Waals surface area contributed by atoms with Crippen LogP contribution in [-0.2, 0) is 13.1 Å². The predicted molar refractivity (Wildman–Crippen MR) is 78.4 cm³/mol. The highest BCUT2D eigenvalue weighted by molar-refractivity contribution is 5.45. The second kappa shape index (κ2) is 5.61. The largest absolute Gasteiger partial charge is 0.381 e. The third kappa shape index (κ3) is 2.88. The maximum atomic E-state index is 4.20. The van der Waals surface area contributed by atoms with Gasteiger partial charge in [-0.05, 0) is 30.7 Å². The number of aryl methyl sites for hydroxylation is 1. The Morgan fingerprint density at radius 2 is 2.10 bits per heavy atom. The van der Waals surface area contributed by atoms with Crippen LogP contribution in [0, 0.1) is 6.92 Å². The van der Waals surface area contributed by atoms with Crippen molar-refractivity contribution in [1.29, 1.82) is 0 Å². The molecule has 0 unspecified atom stereocenters. The summed E-state index contributed by atoms with van der Waals surface area (Å²) < 4.78 is 1.91. The highest BCUT2D eigenvalue weighted by Crippen LogP contribution is 2.12. The number of benzene rings is 1. The highest BCUT2D eigenvalue weighted by atomic mass is 15.3. The number of nitrogens with one attached hydrogen (secondary N) is 2. The van der Waals surface area contributed by atoms with Crippen molar-refractivity contribution in [3.05, 3.63) is 65.7 Å². The lowest BCUT2D eigenvalue weighted by molar-refractivity contribution is 0.687. The van der Waals surface area contributed by atoms with Gasteiger partial charge in [0.15, 0.2) is 0 Å². The second-order valence-electron chi connectivity index (χ2n) is 4.77. The van der Waals surface area contributed by atoms with Crippen molar-refractivity contribution in [2.24, 2.45) is 0 Å². The van der Waals surface area contributed by atoms with E-state index in [0.29, 0.717) is 0 Å². The van der Waals surface area contributed by atoms with E-state index in [2.05, 4.69) is 44.9 Å². The van der Waals surface area contributed by atoms with Gasteiger partial charge in [-0.1, -0.05) is 12.1 Å². The molecule has 2 N–H and O–H groups in total. The first-order valence-electron chi connectivity index (χ1n) is 6.60. The molecule has 0 amide bonds. The van der Waals surface area contributed by atoms with Gasteiger partial charge in [0.2, 0.25) is 0 Å². The fraction of sp³-hybridized carbons (Fsp3) is 0.200. The summed E-state index contributed by atoms with van der Waals surface area (Å²) in [6, 6.07) is 10.4. The molecule has 0 fully saturated rings. The predicted octanol–water partition coefficient (Wildman–Crippen LogP) is 2.58. The van der Waals surface area contributed by atoms with Crippen LogP contribution in [0.2, 0.25) is 0 Å². The third-order valence-corrected chi connectivity index (χ3v) is 3.27. The van der Waals surface area contributed by atoms with Crippen molar-refractivity contribution in [2.45, 2.75) is 20.0 Å². The van der Waals surface area contributed by atoms with E-state index in [4.69, 9.17) is 0 Å². The van der Waals surface area contributed by atoms with Crippen molar-refractivity contribution in [2.75, 3.05) is 5.32 Å². The Hall–Kier alpha value is -2.56. The molecule has 0 bridgehead atoms. The highest BCUT2D eigenvalue weighted by Gasteiger charge is 2.00. The van der Waals surface area contributed by atoms with Crippen molar-refractivity contribution in [3.8, 4) is 0 Å². The number of rotatable bonds is 5. The Balaban J connectivity index is 1.60. The lowest BCUT2D eigenvalue weighted by Gasteiger charge is -2.07. The van der Waals surface area contributed by atoms with Gasteiger partial charge >= 0.3 is 0 Å². The van der Waals surface area contributed by atoms with Gasteiger partial charge in [-0.25, -0.2) is 0 Å². The lowest BCUT2D eigenvalue weighted by atomic mass is 10.2. The van der Waals surface area contributed by atoms with Crippen LogP contribution in [0.15, 0.2) is 48.9 Å². The quantitative estimate of drug-likeness (QED) is 0.747. The van der Waals surface area contributed by atoms with Crippen molar-refractivity contribution in [3.63, 3.8) is 0 Å². The van der Waals surface area contributed by atoms with Crippen LogP contribution >= 0.6 is 0 Å². The number of anilines is 1. The number of nitrogens with zero attached hydrogens (tertiary/aromatic N) is 3. The zero-order valence-corrected chi connectivity index (χ0v) is 11.4. The normalized spacial score (nSPS) is 10.7. The molecule has 0 aliphatic carbocycles. The van der Waals surface area contributed by atoms with Gasteiger partial charge in [-0.15, -0.1) is 0 Å². The van der Waals surface area contributed by atoms with Crippen molar-refractivity contribution < 1.29 is 0 Å². The molecule has 5 heteroatoms. The van der Waals surface area contributed by atoms with Gasteiger partial charge in [-0.2, -0.15) is 10.2 Å². The Labute approximate surface area is 117 Å². The smallest absolute Gasteiger partial charge is 0.0659 e. The number of aromatic nitrogens is 4. The van der Waals surface area contributed by atoms with Crippen molar-refractivity contribution in [1.82, 2.24) is 20.0 Å². The van der Waals surface area contributed by atoms with E-state index >= 15 is 0 Å². The minimum Gasteiger partial charge on any atom is -0.381 e. The minimum atomic E-state index is 0.779. The molecule has 2 heterocycles. The summed E-state index contributed by atoms with van der Waals surface area (Å²) in [5, 5.41) is 14.6. The molecule has 102 valence electrons. The van der Waals surface area contributed by atoms with E-state index < -0.39 is 0 Å². The maximum Gasteiger partial charge on any atom is 0.0659 e. The molecule has 0 aliphatic heterocycles. The summed E-state index contributed by atoms with van der Waals surface area (Å²) in [6.07, 6.45) is 5.62. The number of H-pyrrole nitrogens is 1. The van der Waals surface area contributed by atoms with E-state index in [1.54, 1.807) is 6.20 Å². The zero-order chi connectivity index (χ0) is 13.8. The lowest BCUT2D eigenvalue weighted by Crippen LogP contribution is -2.02. The zero-order valence-electron chi connectivity index (χ0n) is 11.4. The van der Waals surface area contributed by atoms with E-state index in [-0.39, 0.29) is 0 Å². The summed E-state index contributed by atoms with van der Waals surface area (Å²) in [7, 11) is 0. The fourth-order valence-electron chi connectivity index (χ4n) is 2.06. The summed E-state index contributed by atoms with van der Waals surface area (Å²) in [4.78, 5) is 0. The van der Waals surface area contributed by atoms with Crippen LogP contribution in [0.5, 0.6) is 0 Å². The number of hydrogen-bond acceptors (Lipinski definition) is 3. The molecule has 1 aromatic carbocycles. The molecular formula is C15H17N5. The van der Waals surface area contributed by atoms with Gasteiger partial charge < -0.3 is 5.32 Å². The topological polar surface area (TPSA) is 58.5 Å². The molecule has 0 spiro atoms. The molecule has 0 saturated carbocycles. The Kier molecular flexibility index (Phi) is 3.50. The number of hydrogen-bond donors (Lipinski definition) is 2. The molecule has 2 aromatic heterocycles. The molecule has 0 aliphatic rings. The molecule has 3 aromatic rings. The maximum absolute atomic E-state index is 4.20. The average molecular weight is 267 g/mol. The van der Waals surface area contributed by atoms with Crippen LogP contribution < -0.4 is 5.32 Å². The number of aromatic amines is 1. The van der Waals surface area contributed by atoms with Crippen LogP contribution in [0.1, 0.15) is 16.8 Å². The van der Waals surface area contributed by atoms with Gasteiger partial charge in [0.25, 0.3) is 0 Å². The summed E-state index contributed by atoms with van der Waals surface area (Å²) in [5.41, 5.74) is 4.63. The van der Waals surface area contributed by atoms with Crippen LogP contribution in [0.3, 0.4) is 0 Å². The standard InChI is InChI=1S/C15H17N5/c1-12-14(10-17-19-12)9-16-15-5-3-13(4-6-15)11-20-8-2-7-18-20/h2-8,10,16H,9,11H2,1H3,(H,17,19). The van der Waals surface area contributed by atoms with Gasteiger partial charge in [-0.3, -0.25) is 9.78 Å². The van der Waals surface area contributed by atoms with Crippen molar-refractivity contribution >= 4 is 5.69 Å². The summed E-state index contributed by atoms with van der Waals surface area (Å²) in [5.74, 6) is 0. The molecule has 5 nitrogen and oxygen atoms in total. The Morgan fingerprint density at radius 1 is 1.25 bits per heavy atom. The van der Waals surface area contributed by atoms with Crippen LogP contribution in [0.4, 0.5) is 5.69 Å². The van der Waals surface area contributed by atoms with Gasteiger partial charge in [0.05, 0.1) is 12.7 Å². The van der Waals surface area contributed by atoms with Gasteiger partial charge in [0.1, 0.15) is 0 Å². The van der Waals surface area contributed by atoms with E-state index in [1.807, 2.05) is 30.1 Å². The summed E-state index contributed by atoms with van der Waals surface area (Å²) in [6.45, 7) is 3.60. The molecule has 20 heavy (non-hydrogen) atoms. The SMILES string of the molecule is Cc1[nH]ncc1CNc1ccc(Cn2cccn2)cc1. The average Bonchev–Trinajstić information content (AvgIpc) is 3.10. The minimum absolute atomic E-state index is 0.779. The first-order chi connectivity index (χ1) is 9.81. The van der Waals surface area contributed by atoms with E-state index in [0.717, 1.165) is 24.5 Å². The first kappa shape index (κ1) is 12.5. The summed E-state index contributed by atoms with van der Waals surface area (Å²) >= 11 is 0. The molecule has 0 atom stereocenters. The third-order valence-electron chi connectivity index (χ3n) is 3.27. The Bertz CT molecular complexity index is 652. The molecule has 3 rings (SSSR count). The van der Waals surface area contributed by atoms with E-state index in [9.17, 15) is 0 Å². The fourth-order valence-corrected chi connectivity index (χ4v) is 2.06. The van der Waals surface area contributed by atoms with E-state index in [1.165, 1.54) is 11.1 Å². The Morgan fingerprint density at radius 3 is 2.75 bits per heavy atom. The second-order valence-corrected chi connectivity index (χ2v) is 4.77. The molecule has 0 saturated heterocycles.